The smallest absolute Gasteiger partial charge is 0.270 e. The van der Waals surface area contributed by atoms with E-state index in [4.69, 9.17) is 5.73 Å². The van der Waals surface area contributed by atoms with Gasteiger partial charge in [-0.05, 0) is 19.2 Å². The molecule has 0 saturated heterocycles. The number of nitrogens with two attached hydrogens (primary N) is 2. The zero-order chi connectivity index (χ0) is 12.8. The van der Waals surface area contributed by atoms with Gasteiger partial charge in [0.25, 0.3) is 5.69 Å². The van der Waals surface area contributed by atoms with E-state index in [1.807, 2.05) is 0 Å². The monoisotopic (exact) mass is 234 g/mol. The third kappa shape index (κ3) is 2.96. The van der Waals surface area contributed by atoms with Gasteiger partial charge in [0.2, 0.25) is 0 Å². The molecule has 1 aromatic carbocycles. The van der Waals surface area contributed by atoms with Crippen LogP contribution in [0.3, 0.4) is 0 Å². The minimum Gasteiger partial charge on any atom is -0.333 e. The van der Waals surface area contributed by atoms with Crippen LogP contribution in [0.5, 0.6) is 0 Å². The molecule has 0 radical (unpaired) electrons. The highest BCUT2D eigenvalue weighted by Gasteiger charge is 2.06. The fraction of sp³-hybridized carbons (Fsp3) is 0.182. The summed E-state index contributed by atoms with van der Waals surface area (Å²) in [5.41, 5.74) is 11.5. The van der Waals surface area contributed by atoms with Crippen LogP contribution >= 0.6 is 0 Å². The van der Waals surface area contributed by atoms with Gasteiger partial charge >= 0.3 is 0 Å². The molecule has 0 saturated carbocycles. The number of nitro groups is 1. The number of hydrogen-bond donors (Lipinski definition) is 2. The number of pyridine rings is 1. The maximum absolute atomic E-state index is 10.5. The van der Waals surface area contributed by atoms with E-state index in [0.29, 0.717) is 6.54 Å². The van der Waals surface area contributed by atoms with Gasteiger partial charge in [0.15, 0.2) is 0 Å². The molecule has 1 aromatic heterocycles. The first kappa shape index (κ1) is 13.0. The van der Waals surface area contributed by atoms with E-state index < -0.39 is 4.92 Å². The van der Waals surface area contributed by atoms with Gasteiger partial charge < -0.3 is 11.5 Å². The average molecular weight is 234 g/mol. The number of non-ortho nitro benzene ring substituents is 1. The van der Waals surface area contributed by atoms with Gasteiger partial charge in [0, 0.05) is 24.1 Å². The molecule has 6 heteroatoms. The lowest BCUT2D eigenvalue weighted by atomic mass is 10.2. The van der Waals surface area contributed by atoms with Crippen LogP contribution in [0.15, 0.2) is 30.3 Å². The van der Waals surface area contributed by atoms with E-state index in [9.17, 15) is 10.1 Å². The van der Waals surface area contributed by atoms with Crippen molar-refractivity contribution in [2.45, 2.75) is 6.54 Å². The molecule has 0 aliphatic heterocycles. The van der Waals surface area contributed by atoms with E-state index in [1.165, 1.54) is 19.2 Å². The fourth-order valence-electron chi connectivity index (χ4n) is 1.38. The van der Waals surface area contributed by atoms with Gasteiger partial charge in [-0.15, -0.1) is 0 Å². The van der Waals surface area contributed by atoms with E-state index in [-0.39, 0.29) is 5.69 Å². The quantitative estimate of drug-likeness (QED) is 0.599. The van der Waals surface area contributed by atoms with Crippen LogP contribution in [0, 0.1) is 10.1 Å². The number of rotatable bonds is 2. The second kappa shape index (κ2) is 5.88. The highest BCUT2D eigenvalue weighted by molar-refractivity contribution is 5.81. The molecule has 6 nitrogen and oxygen atoms in total. The Morgan fingerprint density at radius 1 is 1.29 bits per heavy atom. The number of aromatic nitrogens is 1. The Hall–Kier alpha value is -2.05. The lowest BCUT2D eigenvalue weighted by Gasteiger charge is -1.99. The average Bonchev–Trinajstić information content (AvgIpc) is 2.39. The molecular formula is C11H14N4O2. The Morgan fingerprint density at radius 3 is 2.59 bits per heavy atom. The second-order valence-corrected chi connectivity index (χ2v) is 3.14. The normalized spacial score (nSPS) is 9.59. The first-order valence-corrected chi connectivity index (χ1v) is 5.02. The van der Waals surface area contributed by atoms with Crippen molar-refractivity contribution in [2.24, 2.45) is 11.5 Å². The Balaban J connectivity index is 0.000000686. The standard InChI is InChI=1S/C10H9N3O2.CH5N/c11-6-8-2-1-7-5-9(13(14)15)3-4-10(7)12-8;1-2/h1-5H,6,11H2;2H2,1H3. The highest BCUT2D eigenvalue weighted by Crippen LogP contribution is 2.19. The van der Waals surface area contributed by atoms with Crippen molar-refractivity contribution in [1.82, 2.24) is 4.98 Å². The topological polar surface area (TPSA) is 108 Å². The summed E-state index contributed by atoms with van der Waals surface area (Å²) in [7, 11) is 1.50. The lowest BCUT2D eigenvalue weighted by molar-refractivity contribution is -0.384. The van der Waals surface area contributed by atoms with Gasteiger partial charge in [-0.2, -0.15) is 0 Å². The lowest BCUT2D eigenvalue weighted by Crippen LogP contribution is -1.99. The summed E-state index contributed by atoms with van der Waals surface area (Å²) in [6.45, 7) is 0.368. The predicted octanol–water partition coefficient (Wildman–Crippen LogP) is 1.18. The second-order valence-electron chi connectivity index (χ2n) is 3.14. The first-order chi connectivity index (χ1) is 8.20. The van der Waals surface area contributed by atoms with Crippen molar-refractivity contribution in [3.63, 3.8) is 0 Å². The zero-order valence-electron chi connectivity index (χ0n) is 9.46. The molecule has 0 spiro atoms. The van der Waals surface area contributed by atoms with E-state index >= 15 is 0 Å². The number of benzene rings is 1. The van der Waals surface area contributed by atoms with Crippen molar-refractivity contribution < 1.29 is 4.92 Å². The minimum atomic E-state index is -0.420. The van der Waals surface area contributed by atoms with Gasteiger partial charge in [-0.3, -0.25) is 15.1 Å². The molecule has 0 bridgehead atoms. The molecule has 4 N–H and O–H groups in total. The zero-order valence-corrected chi connectivity index (χ0v) is 9.46. The summed E-state index contributed by atoms with van der Waals surface area (Å²) in [5.74, 6) is 0. The fourth-order valence-corrected chi connectivity index (χ4v) is 1.38. The van der Waals surface area contributed by atoms with Crippen LogP contribution in [0.25, 0.3) is 10.9 Å². The summed E-state index contributed by atoms with van der Waals surface area (Å²) >= 11 is 0. The minimum absolute atomic E-state index is 0.0739. The van der Waals surface area contributed by atoms with Gasteiger partial charge in [0.1, 0.15) is 0 Å². The van der Waals surface area contributed by atoms with Crippen LogP contribution in [0.4, 0.5) is 5.69 Å². The molecule has 17 heavy (non-hydrogen) atoms. The largest absolute Gasteiger partial charge is 0.333 e. The number of hydrogen-bond acceptors (Lipinski definition) is 5. The van der Waals surface area contributed by atoms with Gasteiger partial charge in [-0.1, -0.05) is 6.07 Å². The van der Waals surface area contributed by atoms with Crippen LogP contribution in [-0.4, -0.2) is 17.0 Å². The molecule has 0 unspecified atom stereocenters. The highest BCUT2D eigenvalue weighted by atomic mass is 16.6. The third-order valence-corrected chi connectivity index (χ3v) is 2.15. The Bertz CT molecular complexity index is 528. The maximum Gasteiger partial charge on any atom is 0.270 e. The summed E-state index contributed by atoms with van der Waals surface area (Å²) in [6.07, 6.45) is 0. The van der Waals surface area contributed by atoms with Crippen molar-refractivity contribution in [2.75, 3.05) is 7.05 Å². The SMILES string of the molecule is CN.NCc1ccc2cc([N+](=O)[O-])ccc2n1. The molecule has 90 valence electrons. The predicted molar refractivity (Wildman–Crippen MR) is 66.4 cm³/mol. The van der Waals surface area contributed by atoms with Crippen molar-refractivity contribution in [3.05, 3.63) is 46.1 Å². The molecule has 1 heterocycles. The van der Waals surface area contributed by atoms with Gasteiger partial charge in [-0.25, -0.2) is 0 Å². The molecule has 2 rings (SSSR count). The number of fused-ring (bicyclic) bond motifs is 1. The van der Waals surface area contributed by atoms with E-state index in [2.05, 4.69) is 10.7 Å². The molecule has 0 amide bonds. The molecule has 0 aliphatic rings. The van der Waals surface area contributed by atoms with Crippen LogP contribution in [0.2, 0.25) is 0 Å². The van der Waals surface area contributed by atoms with Gasteiger partial charge in [0.05, 0.1) is 16.1 Å². The molecule has 0 atom stereocenters. The van der Waals surface area contributed by atoms with Crippen LogP contribution < -0.4 is 11.5 Å². The summed E-state index contributed by atoms with van der Waals surface area (Å²) < 4.78 is 0. The number of nitro benzene ring substituents is 1. The molecule has 0 aliphatic carbocycles. The third-order valence-electron chi connectivity index (χ3n) is 2.15. The van der Waals surface area contributed by atoms with Crippen molar-refractivity contribution >= 4 is 16.6 Å². The first-order valence-electron chi connectivity index (χ1n) is 5.02. The van der Waals surface area contributed by atoms with E-state index in [0.717, 1.165) is 16.6 Å². The molecule has 0 fully saturated rings. The van der Waals surface area contributed by atoms with E-state index in [1.54, 1.807) is 18.2 Å². The van der Waals surface area contributed by atoms with Crippen LogP contribution in [-0.2, 0) is 6.54 Å². The molecular weight excluding hydrogens is 220 g/mol. The summed E-state index contributed by atoms with van der Waals surface area (Å²) in [6, 6.07) is 8.13. The summed E-state index contributed by atoms with van der Waals surface area (Å²) in [4.78, 5) is 14.4. The Morgan fingerprint density at radius 2 is 2.00 bits per heavy atom. The Kier molecular flexibility index (Phi) is 4.50. The van der Waals surface area contributed by atoms with Crippen molar-refractivity contribution in [3.8, 4) is 0 Å². The van der Waals surface area contributed by atoms with Crippen molar-refractivity contribution in [1.29, 1.82) is 0 Å². The summed E-state index contributed by atoms with van der Waals surface area (Å²) in [5, 5.41) is 11.3. The number of nitrogens with zero attached hydrogens (tertiary/aromatic N) is 2. The Labute approximate surface area is 98.4 Å². The van der Waals surface area contributed by atoms with Crippen LogP contribution in [0.1, 0.15) is 5.69 Å². The maximum atomic E-state index is 10.5. The molecule has 2 aromatic rings.